The van der Waals surface area contributed by atoms with Crippen molar-refractivity contribution >= 4 is 11.6 Å². The number of carbonyl (C=O) groups is 1. The van der Waals surface area contributed by atoms with E-state index in [1.165, 1.54) is 13.0 Å². The number of hydrogen-bond acceptors (Lipinski definition) is 2. The second-order valence-electron chi connectivity index (χ2n) is 3.85. The van der Waals surface area contributed by atoms with E-state index in [1.807, 2.05) is 20.0 Å². The lowest BCUT2D eigenvalue weighted by molar-refractivity contribution is -0.114. The van der Waals surface area contributed by atoms with Gasteiger partial charge in [0.2, 0.25) is 5.91 Å². The summed E-state index contributed by atoms with van der Waals surface area (Å²) >= 11 is 0. The van der Waals surface area contributed by atoms with Crippen LogP contribution in [0.2, 0.25) is 0 Å². The van der Waals surface area contributed by atoms with Gasteiger partial charge in [-0.05, 0) is 32.0 Å². The van der Waals surface area contributed by atoms with Gasteiger partial charge in [0.15, 0.2) is 0 Å². The number of amides is 1. The molecule has 0 aliphatic carbocycles. The molecule has 1 atom stereocenters. The van der Waals surface area contributed by atoms with Gasteiger partial charge in [0.05, 0.1) is 5.69 Å². The van der Waals surface area contributed by atoms with Crippen molar-refractivity contribution in [3.63, 3.8) is 0 Å². The SMILES string of the molecule is CNC(C)Cc1cccc(F)c1NC(C)=O. The van der Waals surface area contributed by atoms with Gasteiger partial charge in [0.25, 0.3) is 0 Å². The van der Waals surface area contributed by atoms with Crippen LogP contribution in [0.1, 0.15) is 19.4 Å². The highest BCUT2D eigenvalue weighted by Gasteiger charge is 2.11. The average molecular weight is 224 g/mol. The quantitative estimate of drug-likeness (QED) is 0.820. The lowest BCUT2D eigenvalue weighted by Gasteiger charge is -2.14. The van der Waals surface area contributed by atoms with Crippen molar-refractivity contribution in [3.05, 3.63) is 29.6 Å². The number of carbonyl (C=O) groups excluding carboxylic acids is 1. The molecule has 0 heterocycles. The third kappa shape index (κ3) is 3.31. The third-order valence-corrected chi connectivity index (χ3v) is 2.42. The van der Waals surface area contributed by atoms with Crippen molar-refractivity contribution in [2.75, 3.05) is 12.4 Å². The van der Waals surface area contributed by atoms with Crippen LogP contribution in [0, 0.1) is 5.82 Å². The first kappa shape index (κ1) is 12.6. The van der Waals surface area contributed by atoms with E-state index in [0.717, 1.165) is 5.56 Å². The van der Waals surface area contributed by atoms with Crippen molar-refractivity contribution < 1.29 is 9.18 Å². The first-order chi connectivity index (χ1) is 7.54. The van der Waals surface area contributed by atoms with Gasteiger partial charge in [0.1, 0.15) is 5.82 Å². The highest BCUT2D eigenvalue weighted by molar-refractivity contribution is 5.89. The van der Waals surface area contributed by atoms with Crippen LogP contribution < -0.4 is 10.6 Å². The van der Waals surface area contributed by atoms with Crippen LogP contribution in [0.15, 0.2) is 18.2 Å². The molecule has 0 radical (unpaired) electrons. The largest absolute Gasteiger partial charge is 0.324 e. The molecule has 1 rings (SSSR count). The van der Waals surface area contributed by atoms with E-state index in [4.69, 9.17) is 0 Å². The summed E-state index contributed by atoms with van der Waals surface area (Å²) in [4.78, 5) is 11.0. The van der Waals surface area contributed by atoms with Crippen molar-refractivity contribution in [1.29, 1.82) is 0 Å². The molecule has 4 heteroatoms. The zero-order valence-corrected chi connectivity index (χ0v) is 9.80. The molecule has 0 saturated carbocycles. The monoisotopic (exact) mass is 224 g/mol. The van der Waals surface area contributed by atoms with E-state index < -0.39 is 5.82 Å². The second kappa shape index (κ2) is 5.61. The highest BCUT2D eigenvalue weighted by Crippen LogP contribution is 2.21. The Morgan fingerprint density at radius 1 is 1.50 bits per heavy atom. The minimum Gasteiger partial charge on any atom is -0.324 e. The lowest BCUT2D eigenvalue weighted by atomic mass is 10.0. The van der Waals surface area contributed by atoms with Gasteiger partial charge in [-0.1, -0.05) is 12.1 Å². The lowest BCUT2D eigenvalue weighted by Crippen LogP contribution is -2.24. The topological polar surface area (TPSA) is 41.1 Å². The first-order valence-corrected chi connectivity index (χ1v) is 5.26. The summed E-state index contributed by atoms with van der Waals surface area (Å²) in [6.07, 6.45) is 0.671. The molecule has 0 saturated heterocycles. The van der Waals surface area contributed by atoms with Crippen LogP contribution in [0.3, 0.4) is 0 Å². The van der Waals surface area contributed by atoms with E-state index in [0.29, 0.717) is 6.42 Å². The molecule has 1 aromatic rings. The molecule has 0 bridgehead atoms. The summed E-state index contributed by atoms with van der Waals surface area (Å²) < 4.78 is 13.5. The van der Waals surface area contributed by atoms with Crippen LogP contribution in [0.25, 0.3) is 0 Å². The maximum atomic E-state index is 13.5. The minimum absolute atomic E-state index is 0.231. The molecular weight excluding hydrogens is 207 g/mol. The summed E-state index contributed by atoms with van der Waals surface area (Å²) in [6.45, 7) is 3.38. The fraction of sp³-hybridized carbons (Fsp3) is 0.417. The van der Waals surface area contributed by atoms with Gasteiger partial charge in [-0.2, -0.15) is 0 Å². The van der Waals surface area contributed by atoms with Gasteiger partial charge >= 0.3 is 0 Å². The Morgan fingerprint density at radius 3 is 2.75 bits per heavy atom. The molecule has 0 spiro atoms. The van der Waals surface area contributed by atoms with Crippen LogP contribution in [-0.2, 0) is 11.2 Å². The van der Waals surface area contributed by atoms with E-state index in [9.17, 15) is 9.18 Å². The zero-order valence-electron chi connectivity index (χ0n) is 9.80. The van der Waals surface area contributed by atoms with Gasteiger partial charge < -0.3 is 10.6 Å². The smallest absolute Gasteiger partial charge is 0.221 e. The molecule has 3 nitrogen and oxygen atoms in total. The standard InChI is InChI=1S/C12H17FN2O/c1-8(14-3)7-10-5-4-6-11(13)12(10)15-9(2)16/h4-6,8,14H,7H2,1-3H3,(H,15,16). The number of hydrogen-bond donors (Lipinski definition) is 2. The fourth-order valence-electron chi connectivity index (χ4n) is 1.49. The van der Waals surface area contributed by atoms with Crippen LogP contribution >= 0.6 is 0 Å². The van der Waals surface area contributed by atoms with E-state index in [1.54, 1.807) is 6.07 Å². The number of likely N-dealkylation sites (N-methyl/N-ethyl adjacent to an activating group) is 1. The molecular formula is C12H17FN2O. The Labute approximate surface area is 95.0 Å². The molecule has 2 N–H and O–H groups in total. The van der Waals surface area contributed by atoms with Crippen molar-refractivity contribution in [2.24, 2.45) is 0 Å². The van der Waals surface area contributed by atoms with Crippen molar-refractivity contribution in [2.45, 2.75) is 26.3 Å². The number of halogens is 1. The number of nitrogens with one attached hydrogen (secondary N) is 2. The molecule has 1 amide bonds. The summed E-state index contributed by atoms with van der Waals surface area (Å²) in [5, 5.41) is 5.61. The van der Waals surface area contributed by atoms with Gasteiger partial charge in [-0.25, -0.2) is 4.39 Å². The number of rotatable bonds is 4. The van der Waals surface area contributed by atoms with Gasteiger partial charge in [0, 0.05) is 13.0 Å². The van der Waals surface area contributed by atoms with Gasteiger partial charge in [-0.15, -0.1) is 0 Å². The second-order valence-corrected chi connectivity index (χ2v) is 3.85. The predicted molar refractivity (Wildman–Crippen MR) is 62.9 cm³/mol. The summed E-state index contributed by atoms with van der Waals surface area (Å²) in [5.41, 5.74) is 1.09. The highest BCUT2D eigenvalue weighted by atomic mass is 19.1. The first-order valence-electron chi connectivity index (χ1n) is 5.26. The average Bonchev–Trinajstić information content (AvgIpc) is 2.22. The van der Waals surface area contributed by atoms with Gasteiger partial charge in [-0.3, -0.25) is 4.79 Å². The van der Waals surface area contributed by atoms with Crippen LogP contribution in [0.5, 0.6) is 0 Å². The van der Waals surface area contributed by atoms with E-state index in [-0.39, 0.29) is 17.6 Å². The van der Waals surface area contributed by atoms with E-state index in [2.05, 4.69) is 10.6 Å². The molecule has 0 aromatic heterocycles. The number of benzene rings is 1. The van der Waals surface area contributed by atoms with Crippen LogP contribution in [-0.4, -0.2) is 19.0 Å². The molecule has 1 aromatic carbocycles. The number of anilines is 1. The molecule has 0 aliphatic rings. The predicted octanol–water partition coefficient (Wildman–Crippen LogP) is 1.93. The summed E-state index contributed by atoms with van der Waals surface area (Å²) in [6, 6.07) is 5.05. The molecule has 0 aliphatic heterocycles. The Bertz CT molecular complexity index is 379. The Kier molecular flexibility index (Phi) is 4.43. The Hall–Kier alpha value is -1.42. The molecule has 16 heavy (non-hydrogen) atoms. The summed E-state index contributed by atoms with van der Waals surface area (Å²) in [7, 11) is 1.85. The number of para-hydroxylation sites is 1. The zero-order chi connectivity index (χ0) is 12.1. The Morgan fingerprint density at radius 2 is 2.19 bits per heavy atom. The molecule has 1 unspecified atom stereocenters. The van der Waals surface area contributed by atoms with E-state index >= 15 is 0 Å². The van der Waals surface area contributed by atoms with Crippen molar-refractivity contribution in [3.8, 4) is 0 Å². The fourth-order valence-corrected chi connectivity index (χ4v) is 1.49. The third-order valence-electron chi connectivity index (χ3n) is 2.42. The molecule has 0 fully saturated rings. The minimum atomic E-state index is -0.393. The normalized spacial score (nSPS) is 12.2. The summed E-state index contributed by atoms with van der Waals surface area (Å²) in [5.74, 6) is -0.653. The van der Waals surface area contributed by atoms with Crippen molar-refractivity contribution in [1.82, 2.24) is 5.32 Å². The molecule has 88 valence electrons. The maximum absolute atomic E-state index is 13.5. The Balaban J connectivity index is 2.97. The maximum Gasteiger partial charge on any atom is 0.221 e. The van der Waals surface area contributed by atoms with Crippen LogP contribution in [0.4, 0.5) is 10.1 Å².